The van der Waals surface area contributed by atoms with Crippen LogP contribution in [0.25, 0.3) is 10.6 Å². The summed E-state index contributed by atoms with van der Waals surface area (Å²) in [6.07, 6.45) is 5.37. The number of carbonyl (C=O) groups excluding carboxylic acids is 1. The number of unbranched alkanes of at least 4 members (excludes halogenated alkanes) is 1. The van der Waals surface area contributed by atoms with E-state index in [1.54, 1.807) is 16.3 Å². The topological polar surface area (TPSA) is 69.0 Å². The van der Waals surface area contributed by atoms with Gasteiger partial charge in [0.15, 0.2) is 0 Å². The standard InChI is InChI=1S/C19H22N4O2S/c1-14-5-7-16(8-6-14)25-10-4-3-9-20-18(24)17-13-26-19(22-17)15-11-21-23(2)12-15/h5-8,11-13H,3-4,9-10H2,1-2H3,(H,20,24). The lowest BCUT2D eigenvalue weighted by molar-refractivity contribution is 0.0948. The number of amides is 1. The molecule has 0 atom stereocenters. The van der Waals surface area contributed by atoms with Crippen LogP contribution >= 0.6 is 11.3 Å². The highest BCUT2D eigenvalue weighted by atomic mass is 32.1. The van der Waals surface area contributed by atoms with Crippen LogP contribution in [0, 0.1) is 6.92 Å². The third kappa shape index (κ3) is 4.92. The van der Waals surface area contributed by atoms with E-state index in [2.05, 4.69) is 22.3 Å². The van der Waals surface area contributed by atoms with Crippen molar-refractivity contribution in [2.75, 3.05) is 13.2 Å². The molecule has 26 heavy (non-hydrogen) atoms. The quantitative estimate of drug-likeness (QED) is 0.617. The Labute approximate surface area is 156 Å². The lowest BCUT2D eigenvalue weighted by Crippen LogP contribution is -2.25. The van der Waals surface area contributed by atoms with E-state index in [9.17, 15) is 4.79 Å². The molecular weight excluding hydrogens is 348 g/mol. The first-order valence-electron chi connectivity index (χ1n) is 8.54. The van der Waals surface area contributed by atoms with Gasteiger partial charge in [-0.15, -0.1) is 11.3 Å². The van der Waals surface area contributed by atoms with E-state index in [0.29, 0.717) is 18.8 Å². The molecule has 6 nitrogen and oxygen atoms in total. The average Bonchev–Trinajstić information content (AvgIpc) is 3.28. The van der Waals surface area contributed by atoms with Gasteiger partial charge in [-0.3, -0.25) is 9.48 Å². The zero-order valence-corrected chi connectivity index (χ0v) is 15.8. The maximum Gasteiger partial charge on any atom is 0.270 e. The van der Waals surface area contributed by atoms with Crippen molar-refractivity contribution in [2.45, 2.75) is 19.8 Å². The van der Waals surface area contributed by atoms with Crippen LogP contribution in [0.2, 0.25) is 0 Å². The van der Waals surface area contributed by atoms with E-state index in [1.807, 2.05) is 37.5 Å². The van der Waals surface area contributed by atoms with Gasteiger partial charge in [-0.1, -0.05) is 17.7 Å². The summed E-state index contributed by atoms with van der Waals surface area (Å²) in [5, 5.41) is 9.60. The van der Waals surface area contributed by atoms with Gasteiger partial charge in [-0.2, -0.15) is 5.10 Å². The summed E-state index contributed by atoms with van der Waals surface area (Å²) in [5.74, 6) is 0.737. The summed E-state index contributed by atoms with van der Waals surface area (Å²) < 4.78 is 7.39. The smallest absolute Gasteiger partial charge is 0.270 e. The number of aryl methyl sites for hydroxylation is 2. The molecule has 0 fully saturated rings. The molecule has 0 unspecified atom stereocenters. The van der Waals surface area contributed by atoms with Gasteiger partial charge < -0.3 is 10.1 Å². The van der Waals surface area contributed by atoms with E-state index in [0.717, 1.165) is 29.2 Å². The van der Waals surface area contributed by atoms with Crippen LogP contribution in [-0.2, 0) is 7.05 Å². The van der Waals surface area contributed by atoms with Crippen molar-refractivity contribution in [3.05, 3.63) is 53.3 Å². The summed E-state index contributed by atoms with van der Waals surface area (Å²) in [5.41, 5.74) is 2.59. The van der Waals surface area contributed by atoms with Gasteiger partial charge in [-0.25, -0.2) is 4.98 Å². The van der Waals surface area contributed by atoms with Crippen molar-refractivity contribution in [2.24, 2.45) is 7.05 Å². The minimum atomic E-state index is -0.143. The number of ether oxygens (including phenoxy) is 1. The number of nitrogens with one attached hydrogen (secondary N) is 1. The fourth-order valence-electron chi connectivity index (χ4n) is 2.39. The zero-order chi connectivity index (χ0) is 18.4. The molecular formula is C19H22N4O2S. The molecule has 0 spiro atoms. The van der Waals surface area contributed by atoms with E-state index in [1.165, 1.54) is 16.9 Å². The van der Waals surface area contributed by atoms with Crippen molar-refractivity contribution < 1.29 is 9.53 Å². The number of thiazole rings is 1. The van der Waals surface area contributed by atoms with Crippen molar-refractivity contribution in [3.63, 3.8) is 0 Å². The van der Waals surface area contributed by atoms with E-state index in [4.69, 9.17) is 4.74 Å². The molecule has 1 aromatic carbocycles. The van der Waals surface area contributed by atoms with Crippen LogP contribution in [0.1, 0.15) is 28.9 Å². The second-order valence-corrected chi connectivity index (χ2v) is 6.92. The number of hydrogen-bond acceptors (Lipinski definition) is 5. The number of hydrogen-bond donors (Lipinski definition) is 1. The van der Waals surface area contributed by atoms with Crippen LogP contribution in [0.3, 0.4) is 0 Å². The normalized spacial score (nSPS) is 10.7. The fourth-order valence-corrected chi connectivity index (χ4v) is 3.16. The third-order valence-corrected chi connectivity index (χ3v) is 4.73. The highest BCUT2D eigenvalue weighted by Gasteiger charge is 2.12. The maximum atomic E-state index is 12.2. The summed E-state index contributed by atoms with van der Waals surface area (Å²) >= 11 is 1.44. The molecule has 0 aliphatic carbocycles. The highest BCUT2D eigenvalue weighted by Crippen LogP contribution is 2.22. The monoisotopic (exact) mass is 370 g/mol. The lowest BCUT2D eigenvalue weighted by Gasteiger charge is -2.07. The first-order chi connectivity index (χ1) is 12.6. The van der Waals surface area contributed by atoms with Gasteiger partial charge >= 0.3 is 0 Å². The molecule has 0 saturated carbocycles. The van der Waals surface area contributed by atoms with Gasteiger partial charge in [0, 0.05) is 30.7 Å². The Balaban J connectivity index is 1.36. The summed E-state index contributed by atoms with van der Waals surface area (Å²) in [6.45, 7) is 3.30. The Morgan fingerprint density at radius 1 is 1.27 bits per heavy atom. The number of rotatable bonds is 8. The number of nitrogens with zero attached hydrogens (tertiary/aromatic N) is 3. The Morgan fingerprint density at radius 3 is 2.81 bits per heavy atom. The SMILES string of the molecule is Cc1ccc(OCCCCNC(=O)c2csc(-c3cnn(C)c3)n2)cc1. The maximum absolute atomic E-state index is 12.2. The zero-order valence-electron chi connectivity index (χ0n) is 14.9. The van der Waals surface area contributed by atoms with Crippen LogP contribution in [0.4, 0.5) is 0 Å². The van der Waals surface area contributed by atoms with Gasteiger partial charge in [-0.05, 0) is 31.9 Å². The van der Waals surface area contributed by atoms with Crippen LogP contribution in [0.5, 0.6) is 5.75 Å². The molecule has 136 valence electrons. The molecule has 3 aromatic rings. The number of carbonyl (C=O) groups is 1. The molecule has 0 saturated heterocycles. The van der Waals surface area contributed by atoms with E-state index >= 15 is 0 Å². The molecule has 0 aliphatic heterocycles. The fraction of sp³-hybridized carbons (Fsp3) is 0.316. The van der Waals surface area contributed by atoms with Crippen molar-refractivity contribution in [1.29, 1.82) is 0 Å². The highest BCUT2D eigenvalue weighted by molar-refractivity contribution is 7.13. The predicted molar refractivity (Wildman–Crippen MR) is 103 cm³/mol. The van der Waals surface area contributed by atoms with E-state index < -0.39 is 0 Å². The van der Waals surface area contributed by atoms with Crippen LogP contribution < -0.4 is 10.1 Å². The second-order valence-electron chi connectivity index (χ2n) is 6.07. The Kier molecular flexibility index (Phi) is 6.01. The molecule has 2 heterocycles. The van der Waals surface area contributed by atoms with Crippen LogP contribution in [0.15, 0.2) is 42.0 Å². The number of aromatic nitrogens is 3. The van der Waals surface area contributed by atoms with Crippen molar-refractivity contribution in [1.82, 2.24) is 20.1 Å². The Morgan fingerprint density at radius 2 is 2.08 bits per heavy atom. The molecule has 7 heteroatoms. The van der Waals surface area contributed by atoms with Gasteiger partial charge in [0.1, 0.15) is 16.5 Å². The largest absolute Gasteiger partial charge is 0.494 e. The molecule has 0 aliphatic rings. The van der Waals surface area contributed by atoms with E-state index in [-0.39, 0.29) is 5.91 Å². The summed E-state index contributed by atoms with van der Waals surface area (Å²) in [4.78, 5) is 16.5. The summed E-state index contributed by atoms with van der Waals surface area (Å²) in [7, 11) is 1.85. The summed E-state index contributed by atoms with van der Waals surface area (Å²) in [6, 6.07) is 8.00. The second kappa shape index (κ2) is 8.62. The molecule has 1 N–H and O–H groups in total. The molecule has 0 bridgehead atoms. The first-order valence-corrected chi connectivity index (χ1v) is 9.42. The van der Waals surface area contributed by atoms with Gasteiger partial charge in [0.2, 0.25) is 0 Å². The molecule has 2 aromatic heterocycles. The van der Waals surface area contributed by atoms with Gasteiger partial charge in [0.05, 0.1) is 12.8 Å². The lowest BCUT2D eigenvalue weighted by atomic mass is 10.2. The molecule has 1 amide bonds. The first kappa shape index (κ1) is 18.1. The Bertz CT molecular complexity index is 855. The Hall–Kier alpha value is -2.67. The molecule has 0 radical (unpaired) electrons. The third-order valence-electron chi connectivity index (χ3n) is 3.84. The van der Waals surface area contributed by atoms with Crippen molar-refractivity contribution in [3.8, 4) is 16.3 Å². The van der Waals surface area contributed by atoms with Gasteiger partial charge in [0.25, 0.3) is 5.91 Å². The molecule has 3 rings (SSSR count). The van der Waals surface area contributed by atoms with Crippen molar-refractivity contribution >= 4 is 17.2 Å². The minimum Gasteiger partial charge on any atom is -0.494 e. The average molecular weight is 370 g/mol. The minimum absolute atomic E-state index is 0.143. The number of benzene rings is 1. The predicted octanol–water partition coefficient (Wildman–Crippen LogP) is 3.44. The van der Waals surface area contributed by atoms with Crippen LogP contribution in [-0.4, -0.2) is 33.8 Å².